The summed E-state index contributed by atoms with van der Waals surface area (Å²) in [6.07, 6.45) is 4.28. The van der Waals surface area contributed by atoms with Gasteiger partial charge in [0.25, 0.3) is 0 Å². The summed E-state index contributed by atoms with van der Waals surface area (Å²) in [7, 11) is 0. The van der Waals surface area contributed by atoms with Gasteiger partial charge in [0.15, 0.2) is 0 Å². The molecule has 0 aliphatic carbocycles. The van der Waals surface area contributed by atoms with Gasteiger partial charge in [-0.2, -0.15) is 0 Å². The number of hydrogen-bond acceptors (Lipinski definition) is 3. The lowest BCUT2D eigenvalue weighted by Crippen LogP contribution is -2.11. The van der Waals surface area contributed by atoms with E-state index in [9.17, 15) is 0 Å². The zero-order valence-electron chi connectivity index (χ0n) is 10.2. The van der Waals surface area contributed by atoms with E-state index in [-0.39, 0.29) is 6.04 Å². The average Bonchev–Trinajstić information content (AvgIpc) is 2.90. The summed E-state index contributed by atoms with van der Waals surface area (Å²) in [5.74, 6) is 0.847. The summed E-state index contributed by atoms with van der Waals surface area (Å²) in [6, 6.07) is 7.60. The van der Waals surface area contributed by atoms with E-state index in [0.717, 1.165) is 27.8 Å². The molecule has 2 N–H and O–H groups in total. The van der Waals surface area contributed by atoms with Gasteiger partial charge in [0, 0.05) is 5.56 Å². The Labute approximate surface area is 115 Å². The molecule has 4 heteroatoms. The van der Waals surface area contributed by atoms with E-state index < -0.39 is 0 Å². The monoisotopic (exact) mass is 309 g/mol. The number of nitrogens with two attached hydrogens (primary N) is 1. The molecule has 2 rings (SSSR count). The molecule has 0 spiro atoms. The lowest BCUT2D eigenvalue weighted by molar-refractivity contribution is 0.315. The lowest BCUT2D eigenvalue weighted by Gasteiger charge is -2.13. The van der Waals surface area contributed by atoms with Gasteiger partial charge in [-0.05, 0) is 46.1 Å². The fourth-order valence-corrected chi connectivity index (χ4v) is 2.19. The maximum Gasteiger partial charge on any atom is 0.133 e. The molecule has 3 nitrogen and oxygen atoms in total. The Morgan fingerprint density at radius 3 is 2.78 bits per heavy atom. The highest BCUT2D eigenvalue weighted by Gasteiger charge is 2.12. The SMILES string of the molecule is CCCOc1ccc(C(N)c2ccoc2)cc1Br. The fraction of sp³-hybridized carbons (Fsp3) is 0.286. The van der Waals surface area contributed by atoms with E-state index in [1.807, 2.05) is 24.3 Å². The number of benzene rings is 1. The Hall–Kier alpha value is -1.26. The van der Waals surface area contributed by atoms with Gasteiger partial charge < -0.3 is 14.9 Å². The number of furan rings is 1. The minimum absolute atomic E-state index is 0.180. The highest BCUT2D eigenvalue weighted by Crippen LogP contribution is 2.30. The highest BCUT2D eigenvalue weighted by molar-refractivity contribution is 9.10. The van der Waals surface area contributed by atoms with Gasteiger partial charge in [-0.15, -0.1) is 0 Å². The van der Waals surface area contributed by atoms with Crippen molar-refractivity contribution in [2.24, 2.45) is 5.73 Å². The van der Waals surface area contributed by atoms with E-state index in [4.69, 9.17) is 14.9 Å². The summed E-state index contributed by atoms with van der Waals surface area (Å²) in [6.45, 7) is 2.79. The van der Waals surface area contributed by atoms with Crippen molar-refractivity contribution in [1.82, 2.24) is 0 Å². The first-order valence-electron chi connectivity index (χ1n) is 5.92. The summed E-state index contributed by atoms with van der Waals surface area (Å²) >= 11 is 3.50. The second kappa shape index (κ2) is 6.07. The van der Waals surface area contributed by atoms with Gasteiger partial charge in [-0.3, -0.25) is 0 Å². The predicted molar refractivity (Wildman–Crippen MR) is 74.7 cm³/mol. The average molecular weight is 310 g/mol. The number of hydrogen-bond donors (Lipinski definition) is 1. The van der Waals surface area contributed by atoms with Crippen LogP contribution in [0.3, 0.4) is 0 Å². The maximum atomic E-state index is 6.16. The van der Waals surface area contributed by atoms with E-state index >= 15 is 0 Å². The van der Waals surface area contributed by atoms with Crippen molar-refractivity contribution in [3.05, 3.63) is 52.4 Å². The summed E-state index contributed by atoms with van der Waals surface area (Å²) in [5, 5.41) is 0. The third-order valence-electron chi connectivity index (χ3n) is 2.68. The Morgan fingerprint density at radius 2 is 2.17 bits per heavy atom. The molecule has 0 aliphatic heterocycles. The second-order valence-electron chi connectivity index (χ2n) is 4.07. The van der Waals surface area contributed by atoms with Gasteiger partial charge in [-0.25, -0.2) is 0 Å². The van der Waals surface area contributed by atoms with Crippen LogP contribution in [0.2, 0.25) is 0 Å². The maximum absolute atomic E-state index is 6.16. The van der Waals surface area contributed by atoms with Crippen LogP contribution >= 0.6 is 15.9 Å². The van der Waals surface area contributed by atoms with Crippen LogP contribution in [0.25, 0.3) is 0 Å². The first-order chi connectivity index (χ1) is 8.72. The molecule has 18 heavy (non-hydrogen) atoms. The molecular formula is C14H16BrNO2. The van der Waals surface area contributed by atoms with Crippen LogP contribution in [0, 0.1) is 0 Å². The molecule has 0 radical (unpaired) electrons. The van der Waals surface area contributed by atoms with Crippen molar-refractivity contribution in [1.29, 1.82) is 0 Å². The number of rotatable bonds is 5. The fourth-order valence-electron chi connectivity index (χ4n) is 1.68. The molecule has 0 amide bonds. The zero-order valence-corrected chi connectivity index (χ0v) is 11.8. The lowest BCUT2D eigenvalue weighted by atomic mass is 10.0. The molecular weight excluding hydrogens is 294 g/mol. The molecule has 2 aromatic rings. The van der Waals surface area contributed by atoms with Gasteiger partial charge in [0.2, 0.25) is 0 Å². The van der Waals surface area contributed by atoms with Gasteiger partial charge >= 0.3 is 0 Å². The third-order valence-corrected chi connectivity index (χ3v) is 3.30. The van der Waals surface area contributed by atoms with E-state index in [2.05, 4.69) is 22.9 Å². The van der Waals surface area contributed by atoms with Crippen LogP contribution in [0.5, 0.6) is 5.75 Å². The Bertz CT molecular complexity index is 497. The molecule has 1 atom stereocenters. The highest BCUT2D eigenvalue weighted by atomic mass is 79.9. The quantitative estimate of drug-likeness (QED) is 0.911. The minimum atomic E-state index is -0.180. The molecule has 1 unspecified atom stereocenters. The summed E-state index contributed by atoms with van der Waals surface area (Å²) in [5.41, 5.74) is 8.14. The van der Waals surface area contributed by atoms with E-state index in [1.165, 1.54) is 0 Å². The molecule has 96 valence electrons. The normalized spacial score (nSPS) is 12.4. The molecule has 0 aliphatic rings. The summed E-state index contributed by atoms with van der Waals surface area (Å²) in [4.78, 5) is 0. The van der Waals surface area contributed by atoms with Gasteiger partial charge in [0.05, 0.1) is 29.6 Å². The van der Waals surface area contributed by atoms with Gasteiger partial charge in [-0.1, -0.05) is 13.0 Å². The van der Waals surface area contributed by atoms with Crippen molar-refractivity contribution in [2.45, 2.75) is 19.4 Å². The topological polar surface area (TPSA) is 48.4 Å². The van der Waals surface area contributed by atoms with Crippen LogP contribution in [0.15, 0.2) is 45.7 Å². The zero-order chi connectivity index (χ0) is 13.0. The van der Waals surface area contributed by atoms with Crippen molar-refractivity contribution < 1.29 is 9.15 Å². The third kappa shape index (κ3) is 2.94. The van der Waals surface area contributed by atoms with Gasteiger partial charge in [0.1, 0.15) is 5.75 Å². The Morgan fingerprint density at radius 1 is 1.33 bits per heavy atom. The molecule has 1 heterocycles. The van der Waals surface area contributed by atoms with Crippen LogP contribution < -0.4 is 10.5 Å². The Kier molecular flexibility index (Phi) is 4.44. The van der Waals surface area contributed by atoms with Crippen molar-refractivity contribution >= 4 is 15.9 Å². The number of ether oxygens (including phenoxy) is 1. The van der Waals surface area contributed by atoms with Crippen LogP contribution in [0.4, 0.5) is 0 Å². The standard InChI is InChI=1S/C14H16BrNO2/c1-2-6-18-13-4-3-10(8-12(13)15)14(16)11-5-7-17-9-11/h3-5,7-9,14H,2,6,16H2,1H3. The second-order valence-corrected chi connectivity index (χ2v) is 4.93. The largest absolute Gasteiger partial charge is 0.492 e. The van der Waals surface area contributed by atoms with Crippen LogP contribution in [0.1, 0.15) is 30.5 Å². The number of halogens is 1. The van der Waals surface area contributed by atoms with E-state index in [0.29, 0.717) is 6.61 Å². The molecule has 0 bridgehead atoms. The van der Waals surface area contributed by atoms with E-state index in [1.54, 1.807) is 12.5 Å². The molecule has 1 aromatic carbocycles. The van der Waals surface area contributed by atoms with Crippen molar-refractivity contribution in [3.63, 3.8) is 0 Å². The van der Waals surface area contributed by atoms with Crippen LogP contribution in [-0.2, 0) is 0 Å². The molecule has 0 fully saturated rings. The Balaban J connectivity index is 2.18. The molecule has 0 saturated carbocycles. The minimum Gasteiger partial charge on any atom is -0.492 e. The van der Waals surface area contributed by atoms with Crippen molar-refractivity contribution in [3.8, 4) is 5.75 Å². The first kappa shape index (κ1) is 13.2. The van der Waals surface area contributed by atoms with Crippen LogP contribution in [-0.4, -0.2) is 6.61 Å². The first-order valence-corrected chi connectivity index (χ1v) is 6.71. The molecule has 1 aromatic heterocycles. The smallest absolute Gasteiger partial charge is 0.133 e. The summed E-state index contributed by atoms with van der Waals surface area (Å²) < 4.78 is 11.6. The molecule has 0 saturated heterocycles. The van der Waals surface area contributed by atoms with Crippen molar-refractivity contribution in [2.75, 3.05) is 6.61 Å². The predicted octanol–water partition coefficient (Wildman–Crippen LogP) is 3.88.